The number of hydrazone groups is 1. The number of carbonyl (C=O) groups is 2. The first-order chi connectivity index (χ1) is 12.4. The molecule has 2 aromatic carbocycles. The number of hydrazine groups is 1. The lowest BCUT2D eigenvalue weighted by atomic mass is 10.0. The highest BCUT2D eigenvalue weighted by atomic mass is 16.4. The molecule has 6 nitrogen and oxygen atoms in total. The van der Waals surface area contributed by atoms with Gasteiger partial charge in [-0.15, -0.1) is 5.10 Å². The molecule has 1 atom stereocenters. The number of benzene rings is 2. The van der Waals surface area contributed by atoms with Gasteiger partial charge in [-0.25, -0.2) is 4.79 Å². The summed E-state index contributed by atoms with van der Waals surface area (Å²) in [7, 11) is 0. The molecule has 6 heteroatoms. The number of para-hydroxylation sites is 1. The number of carboxylic acids is 1. The van der Waals surface area contributed by atoms with Crippen LogP contribution in [-0.2, 0) is 4.79 Å². The molecule has 132 valence electrons. The quantitative estimate of drug-likeness (QED) is 0.825. The van der Waals surface area contributed by atoms with Crippen molar-refractivity contribution in [3.05, 3.63) is 59.2 Å². The number of nitrogens with zero attached hydrogens (tertiary/aromatic N) is 2. The molecule has 1 amide bonds. The molecule has 2 aromatic rings. The number of hydrogen-bond acceptors (Lipinski definition) is 3. The fourth-order valence-electron chi connectivity index (χ4n) is 3.01. The summed E-state index contributed by atoms with van der Waals surface area (Å²) >= 11 is 0. The molecule has 1 heterocycles. The normalized spacial score (nSPS) is 17.0. The van der Waals surface area contributed by atoms with Crippen LogP contribution in [0.5, 0.6) is 0 Å². The van der Waals surface area contributed by atoms with Crippen molar-refractivity contribution in [3.8, 4) is 0 Å². The van der Waals surface area contributed by atoms with Gasteiger partial charge in [0.1, 0.15) is 5.69 Å². The number of anilines is 1. The van der Waals surface area contributed by atoms with Crippen LogP contribution >= 0.6 is 0 Å². The van der Waals surface area contributed by atoms with Crippen LogP contribution in [0.4, 0.5) is 11.4 Å². The third-order valence-electron chi connectivity index (χ3n) is 4.28. The highest BCUT2D eigenvalue weighted by molar-refractivity contribution is 6.20. The van der Waals surface area contributed by atoms with Gasteiger partial charge in [-0.3, -0.25) is 9.79 Å². The van der Waals surface area contributed by atoms with E-state index in [0.29, 0.717) is 5.69 Å². The Hall–Kier alpha value is -3.28. The Balaban J connectivity index is 1.92. The lowest BCUT2D eigenvalue weighted by Gasteiger charge is -2.08. The van der Waals surface area contributed by atoms with E-state index >= 15 is 0 Å². The monoisotopic (exact) mass is 350 g/mol. The molecule has 0 spiro atoms. The maximum atomic E-state index is 12.7. The standard InChI is InChI=1S/C20H19N3O3/c1-12-9-13(2)18(16(10-12)20(25)26)21-11-17-14(3)22-23(19(17)24)15-7-5-4-6-8-15/h4-11,17H,1-3H3,(H,25,26)/p+1. The van der Waals surface area contributed by atoms with Crippen LogP contribution in [0.3, 0.4) is 0 Å². The van der Waals surface area contributed by atoms with E-state index in [1.54, 1.807) is 6.07 Å². The number of carboxylic acid groups (broad SMARTS) is 1. The van der Waals surface area contributed by atoms with Gasteiger partial charge in [0.05, 0.1) is 11.3 Å². The van der Waals surface area contributed by atoms with Crippen LogP contribution in [-0.4, -0.2) is 28.9 Å². The van der Waals surface area contributed by atoms with E-state index in [1.165, 1.54) is 11.2 Å². The summed E-state index contributed by atoms with van der Waals surface area (Å²) in [4.78, 5) is 28.6. The topological polar surface area (TPSA) is 83.9 Å². The van der Waals surface area contributed by atoms with Crippen molar-refractivity contribution in [1.82, 2.24) is 0 Å². The van der Waals surface area contributed by atoms with E-state index in [2.05, 4.69) is 10.1 Å². The Bertz CT molecular complexity index is 933. The van der Waals surface area contributed by atoms with E-state index in [-0.39, 0.29) is 11.5 Å². The molecule has 0 bridgehead atoms. The van der Waals surface area contributed by atoms with Gasteiger partial charge < -0.3 is 5.11 Å². The van der Waals surface area contributed by atoms with Crippen molar-refractivity contribution in [3.63, 3.8) is 0 Å². The first-order valence-electron chi connectivity index (χ1n) is 8.26. The van der Waals surface area contributed by atoms with Gasteiger partial charge in [-0.2, -0.15) is 0 Å². The van der Waals surface area contributed by atoms with Crippen molar-refractivity contribution in [2.24, 2.45) is 10.9 Å². The van der Waals surface area contributed by atoms with Crippen molar-refractivity contribution in [2.75, 3.05) is 5.01 Å². The van der Waals surface area contributed by atoms with Gasteiger partial charge in [0.2, 0.25) is 0 Å². The number of nitrogens with one attached hydrogen (secondary N) is 1. The second kappa shape index (κ2) is 6.92. The molecule has 1 aliphatic heterocycles. The molecule has 0 saturated carbocycles. The molecule has 3 rings (SSSR count). The molecule has 2 N–H and O–H groups in total. The third-order valence-corrected chi connectivity index (χ3v) is 4.28. The van der Waals surface area contributed by atoms with Crippen LogP contribution in [0.1, 0.15) is 28.4 Å². The maximum absolute atomic E-state index is 12.7. The van der Waals surface area contributed by atoms with Gasteiger partial charge >= 0.3 is 11.9 Å². The summed E-state index contributed by atoms with van der Waals surface area (Å²) in [6.07, 6.45) is 1.51. The number of aryl methyl sites for hydroxylation is 2. The van der Waals surface area contributed by atoms with Crippen molar-refractivity contribution in [1.29, 1.82) is 0 Å². The zero-order valence-electron chi connectivity index (χ0n) is 14.9. The third kappa shape index (κ3) is 3.26. The van der Waals surface area contributed by atoms with Crippen LogP contribution in [0.2, 0.25) is 0 Å². The average molecular weight is 350 g/mol. The highest BCUT2D eigenvalue weighted by Gasteiger charge is 2.39. The minimum atomic E-state index is -1.04. The number of rotatable bonds is 4. The van der Waals surface area contributed by atoms with Crippen molar-refractivity contribution < 1.29 is 19.8 Å². The second-order valence-corrected chi connectivity index (χ2v) is 6.34. The Kier molecular flexibility index (Phi) is 4.67. The molecule has 0 aromatic heterocycles. The van der Waals surface area contributed by atoms with Crippen molar-refractivity contribution >= 4 is 35.2 Å². The Morgan fingerprint density at radius 1 is 1.19 bits per heavy atom. The van der Waals surface area contributed by atoms with Crippen LogP contribution < -0.4 is 10.1 Å². The van der Waals surface area contributed by atoms with Crippen molar-refractivity contribution in [2.45, 2.75) is 20.8 Å². The number of aliphatic imine (C=N–C) groups is 1. The fraction of sp³-hybridized carbons (Fsp3) is 0.200. The highest BCUT2D eigenvalue weighted by Crippen LogP contribution is 2.26. The lowest BCUT2D eigenvalue weighted by Crippen LogP contribution is -2.81. The number of carbonyl (C=O) groups excluding carboxylic acids is 1. The Morgan fingerprint density at radius 2 is 1.88 bits per heavy atom. The second-order valence-electron chi connectivity index (χ2n) is 6.34. The van der Waals surface area contributed by atoms with E-state index in [0.717, 1.165) is 22.5 Å². The Labute approximate surface area is 151 Å². The van der Waals surface area contributed by atoms with Crippen LogP contribution in [0.15, 0.2) is 47.5 Å². The largest absolute Gasteiger partial charge is 0.478 e. The molecule has 0 radical (unpaired) electrons. The first-order valence-corrected chi connectivity index (χ1v) is 8.26. The number of amides is 1. The van der Waals surface area contributed by atoms with E-state index in [4.69, 9.17) is 0 Å². The summed E-state index contributed by atoms with van der Waals surface area (Å²) in [5.41, 5.74) is 3.61. The predicted molar refractivity (Wildman–Crippen MR) is 100 cm³/mol. The SMILES string of the molecule is CC1=[NH+]N(c2ccccc2)C(=O)C1C=Nc1c(C)cc(C)cc1C(=O)O. The maximum Gasteiger partial charge on any atom is 0.337 e. The lowest BCUT2D eigenvalue weighted by molar-refractivity contribution is -0.455. The van der Waals surface area contributed by atoms with Gasteiger partial charge in [0.25, 0.3) is 0 Å². The predicted octanol–water partition coefficient (Wildman–Crippen LogP) is 1.82. The van der Waals surface area contributed by atoms with E-state index in [1.807, 2.05) is 57.2 Å². The Morgan fingerprint density at radius 3 is 2.54 bits per heavy atom. The zero-order chi connectivity index (χ0) is 18.8. The number of aromatic carboxylic acids is 1. The molecular weight excluding hydrogens is 330 g/mol. The smallest absolute Gasteiger partial charge is 0.337 e. The average Bonchev–Trinajstić information content (AvgIpc) is 2.88. The molecule has 1 aliphatic rings. The van der Waals surface area contributed by atoms with Gasteiger partial charge in [-0.05, 0) is 43.2 Å². The molecule has 0 saturated heterocycles. The van der Waals surface area contributed by atoms with Gasteiger partial charge in [-0.1, -0.05) is 29.3 Å². The molecule has 1 unspecified atom stereocenters. The molecule has 0 fully saturated rings. The van der Waals surface area contributed by atoms with Crippen LogP contribution in [0.25, 0.3) is 0 Å². The summed E-state index contributed by atoms with van der Waals surface area (Å²) < 4.78 is 0. The summed E-state index contributed by atoms with van der Waals surface area (Å²) in [6.45, 7) is 5.47. The first kappa shape index (κ1) is 17.5. The molecule has 0 aliphatic carbocycles. The van der Waals surface area contributed by atoms with E-state index < -0.39 is 11.9 Å². The van der Waals surface area contributed by atoms with Gasteiger partial charge in [0, 0.05) is 13.1 Å². The summed E-state index contributed by atoms with van der Waals surface area (Å²) in [5.74, 6) is -1.75. The minimum Gasteiger partial charge on any atom is -0.478 e. The van der Waals surface area contributed by atoms with Crippen LogP contribution in [0, 0.1) is 19.8 Å². The summed E-state index contributed by atoms with van der Waals surface area (Å²) in [5, 5.41) is 14.0. The van der Waals surface area contributed by atoms with E-state index in [9.17, 15) is 14.7 Å². The minimum absolute atomic E-state index is 0.134. The zero-order valence-corrected chi connectivity index (χ0v) is 14.9. The summed E-state index contributed by atoms with van der Waals surface area (Å²) in [6, 6.07) is 12.7. The molecular formula is C20H20N3O3+. The van der Waals surface area contributed by atoms with Gasteiger partial charge in [0.15, 0.2) is 11.6 Å². The fourth-order valence-corrected chi connectivity index (χ4v) is 3.01. The molecule has 26 heavy (non-hydrogen) atoms. The number of hydrogen-bond donors (Lipinski definition) is 2.